The van der Waals surface area contributed by atoms with Crippen LogP contribution in [0.2, 0.25) is 0 Å². The average Bonchev–Trinajstić information content (AvgIpc) is 2.62. The second-order valence-corrected chi connectivity index (χ2v) is 10.4. The Morgan fingerprint density at radius 2 is 1.23 bits per heavy atom. The Balaban J connectivity index is 1.70. The fourth-order valence-corrected chi connectivity index (χ4v) is 5.00. The zero-order chi connectivity index (χ0) is 18.9. The average molecular weight is 395 g/mol. The summed E-state index contributed by atoms with van der Waals surface area (Å²) >= 11 is 0. The van der Waals surface area contributed by atoms with Crippen LogP contribution >= 0.6 is 0 Å². The summed E-state index contributed by atoms with van der Waals surface area (Å²) in [7, 11) is -6.70. The van der Waals surface area contributed by atoms with E-state index in [-0.39, 0.29) is 4.90 Å². The topological polar surface area (TPSA) is 74.8 Å². The fourth-order valence-electron chi connectivity index (χ4n) is 2.95. The molecular weight excluding hydrogens is 372 g/mol. The molecule has 8 heteroatoms. The quantitative estimate of drug-likeness (QED) is 0.792. The monoisotopic (exact) mass is 394 g/mol. The number of anilines is 1. The van der Waals surface area contributed by atoms with E-state index >= 15 is 0 Å². The minimum atomic E-state index is -3.48. The van der Waals surface area contributed by atoms with Crippen LogP contribution in [0, 0.1) is 6.92 Å². The third-order valence-electron chi connectivity index (χ3n) is 4.53. The second kappa shape index (κ2) is 7.02. The molecule has 0 aliphatic carbocycles. The van der Waals surface area contributed by atoms with Gasteiger partial charge in [-0.05, 0) is 43.3 Å². The summed E-state index contributed by atoms with van der Waals surface area (Å²) < 4.78 is 50.1. The Hall–Kier alpha value is -1.90. The smallest absolute Gasteiger partial charge is 0.243 e. The van der Waals surface area contributed by atoms with Gasteiger partial charge in [-0.25, -0.2) is 16.8 Å². The SMILES string of the molecule is Cc1ccc(S(=O)(=O)N2CCN(c3ccc(S(C)(=O)=O)cc3)CC2)cc1. The van der Waals surface area contributed by atoms with Crippen LogP contribution in [-0.2, 0) is 19.9 Å². The molecule has 1 saturated heterocycles. The third-order valence-corrected chi connectivity index (χ3v) is 7.57. The first-order valence-corrected chi connectivity index (χ1v) is 11.6. The molecule has 26 heavy (non-hydrogen) atoms. The maximum Gasteiger partial charge on any atom is 0.243 e. The molecule has 0 unspecified atom stereocenters. The first kappa shape index (κ1) is 18.9. The van der Waals surface area contributed by atoms with Crippen molar-refractivity contribution in [2.45, 2.75) is 16.7 Å². The van der Waals surface area contributed by atoms with Crippen molar-refractivity contribution < 1.29 is 16.8 Å². The van der Waals surface area contributed by atoms with Gasteiger partial charge in [-0.1, -0.05) is 17.7 Å². The van der Waals surface area contributed by atoms with E-state index < -0.39 is 19.9 Å². The van der Waals surface area contributed by atoms with E-state index in [1.807, 2.05) is 6.92 Å². The van der Waals surface area contributed by atoms with Gasteiger partial charge in [0.1, 0.15) is 0 Å². The summed E-state index contributed by atoms with van der Waals surface area (Å²) in [5.41, 5.74) is 1.91. The van der Waals surface area contributed by atoms with E-state index in [0.29, 0.717) is 31.1 Å². The van der Waals surface area contributed by atoms with Gasteiger partial charge in [0, 0.05) is 38.1 Å². The molecule has 0 bridgehead atoms. The number of hydrogen-bond donors (Lipinski definition) is 0. The van der Waals surface area contributed by atoms with Crippen LogP contribution in [0.25, 0.3) is 0 Å². The molecule has 1 fully saturated rings. The highest BCUT2D eigenvalue weighted by Gasteiger charge is 2.28. The van der Waals surface area contributed by atoms with E-state index in [9.17, 15) is 16.8 Å². The van der Waals surface area contributed by atoms with Gasteiger partial charge in [0.15, 0.2) is 9.84 Å². The van der Waals surface area contributed by atoms with Crippen LogP contribution < -0.4 is 4.90 Å². The van der Waals surface area contributed by atoms with E-state index in [0.717, 1.165) is 11.3 Å². The van der Waals surface area contributed by atoms with Gasteiger partial charge in [-0.2, -0.15) is 4.31 Å². The molecule has 3 rings (SSSR count). The Morgan fingerprint density at radius 3 is 1.73 bits per heavy atom. The lowest BCUT2D eigenvalue weighted by Crippen LogP contribution is -2.48. The summed E-state index contributed by atoms with van der Waals surface area (Å²) in [5, 5.41) is 0. The molecule has 6 nitrogen and oxygen atoms in total. The highest BCUT2D eigenvalue weighted by atomic mass is 32.2. The third kappa shape index (κ3) is 3.92. The Labute approximate surface area is 155 Å². The van der Waals surface area contributed by atoms with Crippen LogP contribution in [0.15, 0.2) is 58.3 Å². The normalized spacial score (nSPS) is 16.6. The summed E-state index contributed by atoms with van der Waals surface area (Å²) in [4.78, 5) is 2.66. The summed E-state index contributed by atoms with van der Waals surface area (Å²) in [5.74, 6) is 0. The maximum absolute atomic E-state index is 12.7. The number of nitrogens with zero attached hydrogens (tertiary/aromatic N) is 2. The number of hydrogen-bond acceptors (Lipinski definition) is 5. The van der Waals surface area contributed by atoms with Gasteiger partial charge in [0.2, 0.25) is 10.0 Å². The molecule has 0 amide bonds. The summed E-state index contributed by atoms with van der Waals surface area (Å²) in [6, 6.07) is 13.6. The fraction of sp³-hybridized carbons (Fsp3) is 0.333. The van der Waals surface area contributed by atoms with Crippen LogP contribution in [0.1, 0.15) is 5.56 Å². The van der Waals surface area contributed by atoms with Gasteiger partial charge < -0.3 is 4.90 Å². The zero-order valence-electron chi connectivity index (χ0n) is 14.8. The molecule has 0 atom stereocenters. The molecule has 1 aliphatic heterocycles. The van der Waals surface area contributed by atoms with E-state index in [1.54, 1.807) is 48.5 Å². The first-order valence-electron chi connectivity index (χ1n) is 8.30. The van der Waals surface area contributed by atoms with Crippen LogP contribution in [0.4, 0.5) is 5.69 Å². The highest BCUT2D eigenvalue weighted by Crippen LogP contribution is 2.22. The Bertz CT molecular complexity index is 974. The second-order valence-electron chi connectivity index (χ2n) is 6.47. The molecule has 0 aromatic heterocycles. The number of benzene rings is 2. The Morgan fingerprint density at radius 1 is 0.731 bits per heavy atom. The van der Waals surface area contributed by atoms with Crippen molar-refractivity contribution >= 4 is 25.5 Å². The van der Waals surface area contributed by atoms with E-state index in [2.05, 4.69) is 4.90 Å². The number of aryl methyl sites for hydroxylation is 1. The standard InChI is InChI=1S/C18H22N2O4S2/c1-15-3-7-18(8-4-15)26(23,24)20-13-11-19(12-14-20)16-5-9-17(10-6-16)25(2,21)22/h3-10H,11-14H2,1-2H3. The summed E-state index contributed by atoms with van der Waals surface area (Å²) in [6.45, 7) is 3.82. The summed E-state index contributed by atoms with van der Waals surface area (Å²) in [6.07, 6.45) is 1.18. The molecule has 140 valence electrons. The van der Waals surface area contributed by atoms with Gasteiger partial charge in [0.25, 0.3) is 0 Å². The molecule has 0 N–H and O–H groups in total. The Kier molecular flexibility index (Phi) is 5.09. The van der Waals surface area contributed by atoms with Crippen molar-refractivity contribution in [3.05, 3.63) is 54.1 Å². The first-order chi connectivity index (χ1) is 12.2. The number of sulfonamides is 1. The van der Waals surface area contributed by atoms with Gasteiger partial charge in [-0.3, -0.25) is 0 Å². The maximum atomic E-state index is 12.7. The van der Waals surface area contributed by atoms with Gasteiger partial charge in [-0.15, -0.1) is 0 Å². The van der Waals surface area contributed by atoms with Crippen molar-refractivity contribution in [1.82, 2.24) is 4.31 Å². The van der Waals surface area contributed by atoms with Crippen molar-refractivity contribution in [3.63, 3.8) is 0 Å². The molecule has 1 heterocycles. The number of piperazine rings is 1. The molecule has 0 spiro atoms. The largest absolute Gasteiger partial charge is 0.369 e. The minimum Gasteiger partial charge on any atom is -0.369 e. The van der Waals surface area contributed by atoms with Crippen LogP contribution in [0.3, 0.4) is 0 Å². The number of sulfone groups is 1. The van der Waals surface area contributed by atoms with Crippen LogP contribution in [-0.4, -0.2) is 53.6 Å². The lowest BCUT2D eigenvalue weighted by molar-refractivity contribution is 0.385. The zero-order valence-corrected chi connectivity index (χ0v) is 16.4. The van der Waals surface area contributed by atoms with E-state index in [4.69, 9.17) is 0 Å². The molecule has 1 aliphatic rings. The molecule has 0 radical (unpaired) electrons. The predicted molar refractivity (Wildman–Crippen MR) is 102 cm³/mol. The van der Waals surface area contributed by atoms with Crippen molar-refractivity contribution in [1.29, 1.82) is 0 Å². The molecule has 2 aromatic rings. The van der Waals surface area contributed by atoms with E-state index in [1.165, 1.54) is 10.6 Å². The molecule has 0 saturated carbocycles. The molecular formula is C18H22N2O4S2. The lowest BCUT2D eigenvalue weighted by atomic mass is 10.2. The lowest BCUT2D eigenvalue weighted by Gasteiger charge is -2.35. The van der Waals surface area contributed by atoms with Gasteiger partial charge >= 0.3 is 0 Å². The van der Waals surface area contributed by atoms with Crippen molar-refractivity contribution in [3.8, 4) is 0 Å². The van der Waals surface area contributed by atoms with Crippen LogP contribution in [0.5, 0.6) is 0 Å². The van der Waals surface area contributed by atoms with Crippen molar-refractivity contribution in [2.24, 2.45) is 0 Å². The number of rotatable bonds is 4. The highest BCUT2D eigenvalue weighted by molar-refractivity contribution is 7.90. The van der Waals surface area contributed by atoms with Gasteiger partial charge in [0.05, 0.1) is 9.79 Å². The predicted octanol–water partition coefficient (Wildman–Crippen LogP) is 1.91. The minimum absolute atomic E-state index is 0.279. The molecule has 2 aromatic carbocycles. The van der Waals surface area contributed by atoms with Crippen molar-refractivity contribution in [2.75, 3.05) is 37.3 Å².